The highest BCUT2D eigenvalue weighted by atomic mass is 16.1. The van der Waals surface area contributed by atoms with Crippen molar-refractivity contribution in [3.63, 3.8) is 0 Å². The second-order valence-electron chi connectivity index (χ2n) is 4.28. The van der Waals surface area contributed by atoms with Crippen LogP contribution in [0.3, 0.4) is 0 Å². The maximum atomic E-state index is 11.2. The molecule has 0 aliphatic heterocycles. The fourth-order valence-corrected chi connectivity index (χ4v) is 1.46. The number of amides is 1. The summed E-state index contributed by atoms with van der Waals surface area (Å²) in [6.45, 7) is 4.61. The highest BCUT2D eigenvalue weighted by Gasteiger charge is 2.37. The number of carbonyl (C=O) groups excluding carboxylic acids is 1. The van der Waals surface area contributed by atoms with Crippen molar-refractivity contribution in [2.45, 2.75) is 32.2 Å². The lowest BCUT2D eigenvalue weighted by atomic mass is 9.99. The summed E-state index contributed by atoms with van der Waals surface area (Å²) in [5.74, 6) is 0.589. The molecule has 1 aliphatic rings. The van der Waals surface area contributed by atoms with E-state index in [4.69, 9.17) is 5.26 Å². The summed E-state index contributed by atoms with van der Waals surface area (Å²) in [4.78, 5) is 11.2. The molecule has 2 N–H and O–H groups in total. The van der Waals surface area contributed by atoms with Gasteiger partial charge in [0, 0.05) is 5.54 Å². The molecule has 4 heteroatoms. The maximum Gasteiger partial charge on any atom is 0.234 e. The number of nitriles is 1. The molecule has 1 fully saturated rings. The van der Waals surface area contributed by atoms with Gasteiger partial charge in [-0.1, -0.05) is 0 Å². The van der Waals surface area contributed by atoms with Crippen LogP contribution < -0.4 is 10.6 Å². The first-order chi connectivity index (χ1) is 6.56. The van der Waals surface area contributed by atoms with Gasteiger partial charge in [0.15, 0.2) is 0 Å². The quantitative estimate of drug-likeness (QED) is 0.624. The van der Waals surface area contributed by atoms with Crippen molar-refractivity contribution in [3.8, 4) is 6.07 Å². The van der Waals surface area contributed by atoms with Gasteiger partial charge in [0.05, 0.1) is 12.6 Å². The summed E-state index contributed by atoms with van der Waals surface area (Å²) >= 11 is 0. The second kappa shape index (κ2) is 4.43. The van der Waals surface area contributed by atoms with Gasteiger partial charge in [-0.2, -0.15) is 5.26 Å². The second-order valence-corrected chi connectivity index (χ2v) is 4.28. The predicted molar refractivity (Wildman–Crippen MR) is 53.4 cm³/mol. The van der Waals surface area contributed by atoms with Crippen LogP contribution in [0.15, 0.2) is 0 Å². The van der Waals surface area contributed by atoms with Crippen LogP contribution in [0, 0.1) is 17.2 Å². The van der Waals surface area contributed by atoms with Crippen LogP contribution in [-0.2, 0) is 4.79 Å². The van der Waals surface area contributed by atoms with Crippen molar-refractivity contribution < 1.29 is 4.79 Å². The monoisotopic (exact) mass is 195 g/mol. The van der Waals surface area contributed by atoms with Gasteiger partial charge in [0.1, 0.15) is 6.54 Å². The van der Waals surface area contributed by atoms with Crippen LogP contribution in [0.1, 0.15) is 26.7 Å². The topological polar surface area (TPSA) is 64.9 Å². The van der Waals surface area contributed by atoms with Gasteiger partial charge in [-0.05, 0) is 32.6 Å². The number of hydrogen-bond acceptors (Lipinski definition) is 3. The van der Waals surface area contributed by atoms with Crippen molar-refractivity contribution in [2.24, 2.45) is 5.92 Å². The summed E-state index contributed by atoms with van der Waals surface area (Å²) in [7, 11) is 0. The zero-order valence-corrected chi connectivity index (χ0v) is 8.76. The van der Waals surface area contributed by atoms with E-state index in [2.05, 4.69) is 24.5 Å². The van der Waals surface area contributed by atoms with E-state index in [9.17, 15) is 4.79 Å². The Kier molecular flexibility index (Phi) is 3.48. The minimum atomic E-state index is -0.111. The lowest BCUT2D eigenvalue weighted by molar-refractivity contribution is -0.120. The Hall–Kier alpha value is -1.08. The van der Waals surface area contributed by atoms with Crippen molar-refractivity contribution in [1.82, 2.24) is 10.6 Å². The molecule has 1 rings (SSSR count). The highest BCUT2D eigenvalue weighted by molar-refractivity contribution is 5.78. The zero-order valence-electron chi connectivity index (χ0n) is 8.76. The predicted octanol–water partition coefficient (Wildman–Crippen LogP) is 0.404. The number of nitrogens with one attached hydrogen (secondary N) is 2. The van der Waals surface area contributed by atoms with Crippen LogP contribution in [0.5, 0.6) is 0 Å². The van der Waals surface area contributed by atoms with Gasteiger partial charge in [-0.25, -0.2) is 0 Å². The fourth-order valence-electron chi connectivity index (χ4n) is 1.46. The standard InChI is InChI=1S/C10H17N3O/c1-10(2,8-3-4-8)13-7-9(14)12-6-5-11/h8,13H,3-4,6-7H2,1-2H3,(H,12,14). The summed E-state index contributed by atoms with van der Waals surface area (Å²) in [5.41, 5.74) is 0.0456. The molecule has 0 radical (unpaired) electrons. The molecule has 14 heavy (non-hydrogen) atoms. The Balaban J connectivity index is 2.19. The first-order valence-corrected chi connectivity index (χ1v) is 4.95. The van der Waals surface area contributed by atoms with E-state index in [0.29, 0.717) is 12.5 Å². The summed E-state index contributed by atoms with van der Waals surface area (Å²) < 4.78 is 0. The summed E-state index contributed by atoms with van der Waals surface area (Å²) in [6, 6.07) is 1.87. The molecule has 1 aliphatic carbocycles. The number of rotatable bonds is 5. The molecule has 1 amide bonds. The first kappa shape index (κ1) is 11.0. The number of nitrogens with zero attached hydrogens (tertiary/aromatic N) is 1. The molecule has 1 saturated carbocycles. The minimum absolute atomic E-state index is 0.0456. The number of hydrogen-bond donors (Lipinski definition) is 2. The van der Waals surface area contributed by atoms with Crippen LogP contribution in [0.4, 0.5) is 0 Å². The molecular weight excluding hydrogens is 178 g/mol. The van der Waals surface area contributed by atoms with Gasteiger partial charge in [-0.15, -0.1) is 0 Å². The van der Waals surface area contributed by atoms with Gasteiger partial charge < -0.3 is 10.6 Å². The van der Waals surface area contributed by atoms with Crippen LogP contribution in [0.25, 0.3) is 0 Å². The Labute approximate surface area is 84.7 Å². The van der Waals surface area contributed by atoms with Gasteiger partial charge in [0.25, 0.3) is 0 Å². The Morgan fingerprint density at radius 2 is 2.21 bits per heavy atom. The van der Waals surface area contributed by atoms with E-state index < -0.39 is 0 Å². The molecule has 0 unspecified atom stereocenters. The maximum absolute atomic E-state index is 11.2. The normalized spacial score (nSPS) is 16.1. The summed E-state index contributed by atoms with van der Waals surface area (Å²) in [5, 5.41) is 14.0. The smallest absolute Gasteiger partial charge is 0.234 e. The van der Waals surface area contributed by atoms with E-state index in [1.54, 1.807) is 0 Å². The molecule has 0 saturated heterocycles. The minimum Gasteiger partial charge on any atom is -0.342 e. The molecule has 0 aromatic carbocycles. The van der Waals surface area contributed by atoms with E-state index in [1.807, 2.05) is 6.07 Å². The van der Waals surface area contributed by atoms with Crippen molar-refractivity contribution in [2.75, 3.05) is 13.1 Å². The van der Waals surface area contributed by atoms with Crippen molar-refractivity contribution in [3.05, 3.63) is 0 Å². The third-order valence-electron chi connectivity index (χ3n) is 2.67. The van der Waals surface area contributed by atoms with E-state index in [-0.39, 0.29) is 18.0 Å². The molecule has 0 aromatic heterocycles. The molecule has 0 heterocycles. The fraction of sp³-hybridized carbons (Fsp3) is 0.800. The van der Waals surface area contributed by atoms with Crippen LogP contribution in [0.2, 0.25) is 0 Å². The van der Waals surface area contributed by atoms with Crippen molar-refractivity contribution in [1.29, 1.82) is 5.26 Å². The average Bonchev–Trinajstić information content (AvgIpc) is 2.94. The third-order valence-corrected chi connectivity index (χ3v) is 2.67. The van der Waals surface area contributed by atoms with Crippen molar-refractivity contribution >= 4 is 5.91 Å². The number of carbonyl (C=O) groups is 1. The van der Waals surface area contributed by atoms with E-state index in [1.165, 1.54) is 12.8 Å². The van der Waals surface area contributed by atoms with Crippen LogP contribution >= 0.6 is 0 Å². The third kappa shape index (κ3) is 3.35. The highest BCUT2D eigenvalue weighted by Crippen LogP contribution is 2.38. The molecule has 4 nitrogen and oxygen atoms in total. The van der Waals surface area contributed by atoms with Gasteiger partial charge in [0.2, 0.25) is 5.91 Å². The summed E-state index contributed by atoms with van der Waals surface area (Å²) in [6.07, 6.45) is 2.50. The Morgan fingerprint density at radius 1 is 1.57 bits per heavy atom. The molecule has 0 spiro atoms. The lowest BCUT2D eigenvalue weighted by Crippen LogP contribution is -2.46. The van der Waals surface area contributed by atoms with E-state index >= 15 is 0 Å². The molecular formula is C10H17N3O. The van der Waals surface area contributed by atoms with Crippen LogP contribution in [-0.4, -0.2) is 24.5 Å². The zero-order chi connectivity index (χ0) is 10.6. The molecule has 0 aromatic rings. The lowest BCUT2D eigenvalue weighted by Gasteiger charge is -2.25. The van der Waals surface area contributed by atoms with Gasteiger partial charge >= 0.3 is 0 Å². The SMILES string of the molecule is CC(C)(NCC(=O)NCC#N)C1CC1. The molecule has 0 atom stereocenters. The van der Waals surface area contributed by atoms with Gasteiger partial charge in [-0.3, -0.25) is 4.79 Å². The Morgan fingerprint density at radius 3 is 2.71 bits per heavy atom. The first-order valence-electron chi connectivity index (χ1n) is 4.95. The molecule has 0 bridgehead atoms. The largest absolute Gasteiger partial charge is 0.342 e. The molecule has 78 valence electrons. The average molecular weight is 195 g/mol. The Bertz CT molecular complexity index is 251. The van der Waals surface area contributed by atoms with E-state index in [0.717, 1.165) is 0 Å².